The van der Waals surface area contributed by atoms with Gasteiger partial charge in [0.25, 0.3) is 0 Å². The van der Waals surface area contributed by atoms with Crippen molar-refractivity contribution in [3.05, 3.63) is 0 Å². The van der Waals surface area contributed by atoms with Crippen LogP contribution in [0.1, 0.15) is 19.8 Å². The molecule has 0 N–H and O–H groups in total. The van der Waals surface area contributed by atoms with E-state index >= 15 is 0 Å². The second-order valence-electron chi connectivity index (χ2n) is 2.21. The van der Waals surface area contributed by atoms with Crippen LogP contribution in [-0.4, -0.2) is 31.7 Å². The van der Waals surface area contributed by atoms with Crippen LogP contribution < -0.4 is 0 Å². The van der Waals surface area contributed by atoms with Crippen LogP contribution in [0.3, 0.4) is 0 Å². The van der Waals surface area contributed by atoms with E-state index in [1.54, 1.807) is 6.92 Å². The summed E-state index contributed by atoms with van der Waals surface area (Å²) in [5, 5.41) is 0. The van der Waals surface area contributed by atoms with Crippen molar-refractivity contribution in [2.45, 2.75) is 19.8 Å². The average Bonchev–Trinajstić information content (AvgIpc) is 2.05. The van der Waals surface area contributed by atoms with E-state index in [4.69, 9.17) is 21.1 Å². The van der Waals surface area contributed by atoms with Gasteiger partial charge in [0, 0.05) is 12.5 Å². The fourth-order valence-electron chi connectivity index (χ4n) is 0.647. The molecular formula is C8H15ClO3. The van der Waals surface area contributed by atoms with Crippen LogP contribution in [-0.2, 0) is 14.3 Å². The van der Waals surface area contributed by atoms with Crippen molar-refractivity contribution in [1.82, 2.24) is 0 Å². The molecule has 0 amide bonds. The molecule has 0 bridgehead atoms. The maximum Gasteiger partial charge on any atom is 0.308 e. The Morgan fingerprint density at radius 2 is 2.17 bits per heavy atom. The number of hydrogen-bond acceptors (Lipinski definition) is 3. The van der Waals surface area contributed by atoms with E-state index in [1.807, 2.05) is 0 Å². The first-order chi connectivity index (χ1) is 5.81. The molecule has 0 aromatic heterocycles. The van der Waals surface area contributed by atoms with Gasteiger partial charge >= 0.3 is 5.97 Å². The fraction of sp³-hybridized carbons (Fsp3) is 0.875. The second-order valence-corrected chi connectivity index (χ2v) is 2.59. The second kappa shape index (κ2) is 8.81. The minimum Gasteiger partial charge on any atom is -0.466 e. The molecule has 0 saturated heterocycles. The van der Waals surface area contributed by atoms with Crippen molar-refractivity contribution in [1.29, 1.82) is 0 Å². The Hall–Kier alpha value is -0.280. The van der Waals surface area contributed by atoms with Gasteiger partial charge in [-0.15, -0.1) is 11.6 Å². The number of halogens is 1. The van der Waals surface area contributed by atoms with Crippen LogP contribution >= 0.6 is 11.6 Å². The molecule has 0 radical (unpaired) electrons. The third-order valence-corrected chi connectivity index (χ3v) is 1.45. The predicted octanol–water partition coefficient (Wildman–Crippen LogP) is 1.59. The van der Waals surface area contributed by atoms with Gasteiger partial charge in [0.15, 0.2) is 0 Å². The molecule has 0 aliphatic rings. The number of alkyl halides is 1. The summed E-state index contributed by atoms with van der Waals surface area (Å²) < 4.78 is 9.81. The van der Waals surface area contributed by atoms with Gasteiger partial charge in [-0.2, -0.15) is 0 Å². The van der Waals surface area contributed by atoms with Crippen molar-refractivity contribution in [2.24, 2.45) is 0 Å². The molecule has 4 heteroatoms. The first-order valence-electron chi connectivity index (χ1n) is 4.10. The molecule has 0 fully saturated rings. The quantitative estimate of drug-likeness (QED) is 0.351. The van der Waals surface area contributed by atoms with Gasteiger partial charge in [-0.05, 0) is 13.3 Å². The summed E-state index contributed by atoms with van der Waals surface area (Å²) >= 11 is 5.42. The highest BCUT2D eigenvalue weighted by Crippen LogP contribution is 1.90. The third kappa shape index (κ3) is 7.82. The molecule has 0 aliphatic heterocycles. The van der Waals surface area contributed by atoms with E-state index in [2.05, 4.69) is 0 Å². The third-order valence-electron chi connectivity index (χ3n) is 1.18. The first kappa shape index (κ1) is 11.7. The maximum atomic E-state index is 10.7. The number of ether oxygens (including phenoxy) is 2. The standard InChI is InChI=1S/C8H15ClO3/c1-2-12-8(10)4-7-11-6-3-5-9/h2-7H2,1H3. The van der Waals surface area contributed by atoms with Gasteiger partial charge in [0.2, 0.25) is 0 Å². The largest absolute Gasteiger partial charge is 0.466 e. The molecule has 0 aromatic carbocycles. The molecule has 0 unspecified atom stereocenters. The highest BCUT2D eigenvalue weighted by molar-refractivity contribution is 6.17. The highest BCUT2D eigenvalue weighted by Gasteiger charge is 1.99. The summed E-state index contributed by atoms with van der Waals surface area (Å²) in [5.74, 6) is 0.391. The molecular weight excluding hydrogens is 180 g/mol. The van der Waals surface area contributed by atoms with Gasteiger partial charge in [-0.1, -0.05) is 0 Å². The number of hydrogen-bond donors (Lipinski definition) is 0. The van der Waals surface area contributed by atoms with Gasteiger partial charge in [-0.3, -0.25) is 4.79 Å². The van der Waals surface area contributed by atoms with Crippen molar-refractivity contribution in [3.63, 3.8) is 0 Å². The topological polar surface area (TPSA) is 35.5 Å². The van der Waals surface area contributed by atoms with Gasteiger partial charge in [-0.25, -0.2) is 0 Å². The molecule has 0 saturated carbocycles. The monoisotopic (exact) mass is 194 g/mol. The van der Waals surface area contributed by atoms with Crippen LogP contribution in [0.4, 0.5) is 0 Å². The Morgan fingerprint density at radius 3 is 2.75 bits per heavy atom. The molecule has 0 spiro atoms. The fourth-order valence-corrected chi connectivity index (χ4v) is 0.756. The van der Waals surface area contributed by atoms with Crippen LogP contribution in [0.5, 0.6) is 0 Å². The van der Waals surface area contributed by atoms with Crippen LogP contribution in [0.25, 0.3) is 0 Å². The molecule has 0 aliphatic carbocycles. The summed E-state index contributed by atoms with van der Waals surface area (Å²) in [4.78, 5) is 10.7. The Kier molecular flexibility index (Phi) is 8.61. The Labute approximate surface area is 78.0 Å². The van der Waals surface area contributed by atoms with Gasteiger partial charge < -0.3 is 9.47 Å². The summed E-state index contributed by atoms with van der Waals surface area (Å²) in [5.41, 5.74) is 0. The minimum atomic E-state index is -0.205. The van der Waals surface area contributed by atoms with Crippen LogP contribution in [0.15, 0.2) is 0 Å². The van der Waals surface area contributed by atoms with E-state index in [0.29, 0.717) is 32.1 Å². The highest BCUT2D eigenvalue weighted by atomic mass is 35.5. The Morgan fingerprint density at radius 1 is 1.42 bits per heavy atom. The van der Waals surface area contributed by atoms with E-state index in [9.17, 15) is 4.79 Å². The number of esters is 1. The Balaban J connectivity index is 3.03. The van der Waals surface area contributed by atoms with Crippen LogP contribution in [0, 0.1) is 0 Å². The molecule has 0 rings (SSSR count). The Bertz CT molecular complexity index is 117. The van der Waals surface area contributed by atoms with Crippen molar-refractivity contribution < 1.29 is 14.3 Å². The average molecular weight is 195 g/mol. The molecule has 0 heterocycles. The molecule has 72 valence electrons. The maximum absolute atomic E-state index is 10.7. The van der Waals surface area contributed by atoms with Gasteiger partial charge in [0.05, 0.1) is 19.6 Å². The zero-order valence-corrected chi connectivity index (χ0v) is 8.10. The van der Waals surface area contributed by atoms with Crippen molar-refractivity contribution in [3.8, 4) is 0 Å². The van der Waals surface area contributed by atoms with E-state index in [-0.39, 0.29) is 5.97 Å². The van der Waals surface area contributed by atoms with E-state index in [0.717, 1.165) is 6.42 Å². The predicted molar refractivity (Wildman–Crippen MR) is 47.4 cm³/mol. The zero-order chi connectivity index (χ0) is 9.23. The minimum absolute atomic E-state index is 0.205. The lowest BCUT2D eigenvalue weighted by Gasteiger charge is -2.02. The van der Waals surface area contributed by atoms with Crippen molar-refractivity contribution >= 4 is 17.6 Å². The zero-order valence-electron chi connectivity index (χ0n) is 7.35. The van der Waals surface area contributed by atoms with Gasteiger partial charge in [0.1, 0.15) is 0 Å². The number of carbonyl (C=O) groups excluding carboxylic acids is 1. The molecule has 12 heavy (non-hydrogen) atoms. The normalized spacial score (nSPS) is 9.83. The molecule has 0 aromatic rings. The van der Waals surface area contributed by atoms with Crippen molar-refractivity contribution in [2.75, 3.05) is 25.7 Å². The smallest absolute Gasteiger partial charge is 0.308 e. The lowest BCUT2D eigenvalue weighted by atomic mass is 10.4. The summed E-state index contributed by atoms with van der Waals surface area (Å²) in [6, 6.07) is 0. The molecule has 3 nitrogen and oxygen atoms in total. The summed E-state index contributed by atoms with van der Waals surface area (Å²) in [7, 11) is 0. The summed E-state index contributed by atoms with van der Waals surface area (Å²) in [6.45, 7) is 3.26. The molecule has 0 atom stereocenters. The summed E-state index contributed by atoms with van der Waals surface area (Å²) in [6.07, 6.45) is 1.15. The first-order valence-corrected chi connectivity index (χ1v) is 4.64. The number of rotatable bonds is 7. The van der Waals surface area contributed by atoms with E-state index in [1.165, 1.54) is 0 Å². The lowest BCUT2D eigenvalue weighted by Crippen LogP contribution is -2.08. The van der Waals surface area contributed by atoms with E-state index < -0.39 is 0 Å². The lowest BCUT2D eigenvalue weighted by molar-refractivity contribution is -0.144. The number of carbonyl (C=O) groups is 1. The SMILES string of the molecule is CCOC(=O)CCOCCCCl. The van der Waals surface area contributed by atoms with Crippen LogP contribution in [0.2, 0.25) is 0 Å².